The molecule has 1 aromatic heterocycles. The van der Waals surface area contributed by atoms with Gasteiger partial charge in [0.05, 0.1) is 23.6 Å². The quantitative estimate of drug-likeness (QED) is 0.648. The molecule has 0 saturated carbocycles. The number of benzene rings is 1. The topological polar surface area (TPSA) is 114 Å². The predicted molar refractivity (Wildman–Crippen MR) is 101 cm³/mol. The van der Waals surface area contributed by atoms with E-state index in [9.17, 15) is 14.4 Å². The van der Waals surface area contributed by atoms with Crippen molar-refractivity contribution in [2.24, 2.45) is 5.73 Å². The minimum absolute atomic E-state index is 0.0419. The van der Waals surface area contributed by atoms with Crippen LogP contribution in [0.25, 0.3) is 0 Å². The summed E-state index contributed by atoms with van der Waals surface area (Å²) in [5.41, 5.74) is 7.41. The van der Waals surface area contributed by atoms with E-state index in [1.165, 1.54) is 23.1 Å². The van der Waals surface area contributed by atoms with Gasteiger partial charge in [-0.1, -0.05) is 12.1 Å². The predicted octanol–water partition coefficient (Wildman–Crippen LogP) is 1.79. The van der Waals surface area contributed by atoms with Gasteiger partial charge >= 0.3 is 0 Å². The molecule has 0 radical (unpaired) electrons. The van der Waals surface area contributed by atoms with Gasteiger partial charge < -0.3 is 16.4 Å². The van der Waals surface area contributed by atoms with Crippen molar-refractivity contribution in [2.45, 2.75) is 13.3 Å². The molecule has 0 atom stereocenters. The van der Waals surface area contributed by atoms with Crippen molar-refractivity contribution < 1.29 is 14.4 Å². The van der Waals surface area contributed by atoms with E-state index >= 15 is 0 Å². The average molecular weight is 378 g/mol. The van der Waals surface area contributed by atoms with E-state index in [4.69, 9.17) is 5.73 Å². The summed E-state index contributed by atoms with van der Waals surface area (Å²) in [5, 5.41) is 7.49. The van der Waals surface area contributed by atoms with E-state index in [0.29, 0.717) is 10.8 Å². The second-order valence-electron chi connectivity index (χ2n) is 5.25. The molecule has 25 heavy (non-hydrogen) atoms. The Morgan fingerprint density at radius 3 is 2.60 bits per heavy atom. The summed E-state index contributed by atoms with van der Waals surface area (Å²) >= 11 is 2.43. The molecule has 4 N–H and O–H groups in total. The van der Waals surface area contributed by atoms with Gasteiger partial charge in [-0.3, -0.25) is 14.4 Å². The molecule has 0 aliphatic heterocycles. The van der Waals surface area contributed by atoms with Crippen molar-refractivity contribution in [3.63, 3.8) is 0 Å². The third kappa shape index (κ3) is 6.94. The molecule has 0 fully saturated rings. The highest BCUT2D eigenvalue weighted by Crippen LogP contribution is 2.16. The van der Waals surface area contributed by atoms with E-state index < -0.39 is 5.91 Å². The zero-order valence-electron chi connectivity index (χ0n) is 13.6. The standard InChI is InChI=1S/C16H18N4O3S2/c1-10-3-2-4-11(5-10)18-14(22)8-24-9-15(23)20-16-19-12(7-25-16)6-13(17)21/h2-5,7H,6,8-9H2,1H3,(H2,17,21)(H,18,22)(H,19,20,23). The van der Waals surface area contributed by atoms with Crippen molar-refractivity contribution in [2.75, 3.05) is 22.1 Å². The number of aryl methyl sites for hydroxylation is 1. The Bertz CT molecular complexity index is 776. The smallest absolute Gasteiger partial charge is 0.236 e. The highest BCUT2D eigenvalue weighted by molar-refractivity contribution is 8.00. The van der Waals surface area contributed by atoms with Crippen LogP contribution in [-0.2, 0) is 20.8 Å². The number of nitrogens with zero attached hydrogens (tertiary/aromatic N) is 1. The number of carbonyl (C=O) groups excluding carboxylic acids is 3. The molecule has 9 heteroatoms. The van der Waals surface area contributed by atoms with E-state index in [0.717, 1.165) is 11.3 Å². The Hall–Kier alpha value is -2.39. The first-order valence-electron chi connectivity index (χ1n) is 7.39. The molecule has 0 unspecified atom stereocenters. The Labute approximate surface area is 153 Å². The largest absolute Gasteiger partial charge is 0.369 e. The van der Waals surface area contributed by atoms with Gasteiger partial charge in [0.2, 0.25) is 17.7 Å². The van der Waals surface area contributed by atoms with E-state index in [-0.39, 0.29) is 29.7 Å². The summed E-state index contributed by atoms with van der Waals surface area (Å²) in [4.78, 5) is 38.6. The zero-order valence-corrected chi connectivity index (χ0v) is 15.2. The van der Waals surface area contributed by atoms with Crippen molar-refractivity contribution >= 4 is 51.6 Å². The van der Waals surface area contributed by atoms with Crippen LogP contribution in [0.3, 0.4) is 0 Å². The first-order valence-corrected chi connectivity index (χ1v) is 9.42. The van der Waals surface area contributed by atoms with Crippen molar-refractivity contribution in [1.29, 1.82) is 0 Å². The summed E-state index contributed by atoms with van der Waals surface area (Å²) in [6.45, 7) is 1.95. The Morgan fingerprint density at radius 1 is 1.20 bits per heavy atom. The lowest BCUT2D eigenvalue weighted by molar-refractivity contribution is -0.117. The number of thiazole rings is 1. The first-order chi connectivity index (χ1) is 11.9. The number of thioether (sulfide) groups is 1. The van der Waals surface area contributed by atoms with Crippen LogP contribution < -0.4 is 16.4 Å². The van der Waals surface area contributed by atoms with Crippen LogP contribution in [0.5, 0.6) is 0 Å². The molecule has 7 nitrogen and oxygen atoms in total. The molecule has 0 bridgehead atoms. The lowest BCUT2D eigenvalue weighted by atomic mass is 10.2. The summed E-state index contributed by atoms with van der Waals surface area (Å²) in [6.07, 6.45) is 0.0419. The molecule has 0 saturated heterocycles. The maximum atomic E-state index is 11.9. The molecular weight excluding hydrogens is 360 g/mol. The van der Waals surface area contributed by atoms with E-state index in [2.05, 4.69) is 15.6 Å². The zero-order chi connectivity index (χ0) is 18.2. The van der Waals surface area contributed by atoms with Gasteiger partial charge in [-0.05, 0) is 24.6 Å². The fourth-order valence-electron chi connectivity index (χ4n) is 1.94. The highest BCUT2D eigenvalue weighted by atomic mass is 32.2. The molecule has 0 aliphatic carbocycles. The maximum absolute atomic E-state index is 11.9. The number of nitrogens with two attached hydrogens (primary N) is 1. The molecule has 2 rings (SSSR count). The summed E-state index contributed by atoms with van der Waals surface area (Å²) in [7, 11) is 0. The van der Waals surface area contributed by atoms with E-state index in [1.54, 1.807) is 5.38 Å². The van der Waals surface area contributed by atoms with Crippen LogP contribution in [-0.4, -0.2) is 34.2 Å². The van der Waals surface area contributed by atoms with Crippen LogP contribution >= 0.6 is 23.1 Å². The highest BCUT2D eigenvalue weighted by Gasteiger charge is 2.10. The second kappa shape index (κ2) is 9.19. The number of rotatable bonds is 8. The van der Waals surface area contributed by atoms with Gasteiger partial charge in [0, 0.05) is 11.1 Å². The van der Waals surface area contributed by atoms with Gasteiger partial charge in [-0.15, -0.1) is 23.1 Å². The Morgan fingerprint density at radius 2 is 1.92 bits per heavy atom. The average Bonchev–Trinajstić information content (AvgIpc) is 2.93. The van der Waals surface area contributed by atoms with Gasteiger partial charge in [0.15, 0.2) is 5.13 Å². The minimum atomic E-state index is -0.474. The molecule has 0 spiro atoms. The van der Waals surface area contributed by atoms with Crippen LogP contribution in [0.4, 0.5) is 10.8 Å². The second-order valence-corrected chi connectivity index (χ2v) is 7.09. The Balaban J connectivity index is 1.70. The van der Waals surface area contributed by atoms with Crippen LogP contribution in [0, 0.1) is 6.92 Å². The molecule has 1 heterocycles. The monoisotopic (exact) mass is 378 g/mol. The number of nitrogens with one attached hydrogen (secondary N) is 2. The van der Waals surface area contributed by atoms with Crippen LogP contribution in [0.1, 0.15) is 11.3 Å². The van der Waals surface area contributed by atoms with Crippen molar-refractivity contribution in [3.05, 3.63) is 40.9 Å². The van der Waals surface area contributed by atoms with Gasteiger partial charge in [-0.25, -0.2) is 4.98 Å². The SMILES string of the molecule is Cc1cccc(NC(=O)CSCC(=O)Nc2nc(CC(N)=O)cs2)c1. The van der Waals surface area contributed by atoms with Crippen LogP contribution in [0.2, 0.25) is 0 Å². The number of aromatic nitrogens is 1. The van der Waals surface area contributed by atoms with E-state index in [1.807, 2.05) is 31.2 Å². The normalized spacial score (nSPS) is 10.3. The number of primary amides is 1. The number of amides is 3. The molecule has 3 amide bonds. The van der Waals surface area contributed by atoms with Crippen LogP contribution in [0.15, 0.2) is 29.6 Å². The van der Waals surface area contributed by atoms with Gasteiger partial charge in [0.25, 0.3) is 0 Å². The lowest BCUT2D eigenvalue weighted by Gasteiger charge is -2.06. The fraction of sp³-hybridized carbons (Fsp3) is 0.250. The number of anilines is 2. The Kier molecular flexibility index (Phi) is 6.96. The lowest BCUT2D eigenvalue weighted by Crippen LogP contribution is -2.18. The molecule has 132 valence electrons. The molecule has 1 aromatic carbocycles. The summed E-state index contributed by atoms with van der Waals surface area (Å²) in [5.74, 6) is -0.592. The third-order valence-corrected chi connectivity index (χ3v) is 4.66. The fourth-order valence-corrected chi connectivity index (χ4v) is 3.28. The molecule has 2 aromatic rings. The number of hydrogen-bond donors (Lipinski definition) is 3. The maximum Gasteiger partial charge on any atom is 0.236 e. The van der Waals surface area contributed by atoms with Gasteiger partial charge in [-0.2, -0.15) is 0 Å². The third-order valence-electron chi connectivity index (χ3n) is 2.92. The summed E-state index contributed by atoms with van der Waals surface area (Å²) in [6, 6.07) is 7.50. The van der Waals surface area contributed by atoms with Gasteiger partial charge in [0.1, 0.15) is 0 Å². The summed E-state index contributed by atoms with van der Waals surface area (Å²) < 4.78 is 0. The minimum Gasteiger partial charge on any atom is -0.369 e. The first kappa shape index (κ1) is 18.9. The number of hydrogen-bond acceptors (Lipinski definition) is 6. The number of carbonyl (C=O) groups is 3. The molecular formula is C16H18N4O3S2. The van der Waals surface area contributed by atoms with Crippen molar-refractivity contribution in [3.8, 4) is 0 Å². The molecule has 0 aliphatic rings. The van der Waals surface area contributed by atoms with Crippen molar-refractivity contribution in [1.82, 2.24) is 4.98 Å².